The van der Waals surface area contributed by atoms with Crippen molar-refractivity contribution in [3.63, 3.8) is 0 Å². The van der Waals surface area contributed by atoms with Gasteiger partial charge in [0.2, 0.25) is 0 Å². The Balaban J connectivity index is 1.86. The van der Waals surface area contributed by atoms with E-state index < -0.39 is 51.2 Å². The molecule has 1 aliphatic heterocycles. The summed E-state index contributed by atoms with van der Waals surface area (Å²) in [5.74, 6) is -0.820. The van der Waals surface area contributed by atoms with E-state index in [9.17, 15) is 36.0 Å². The van der Waals surface area contributed by atoms with Crippen molar-refractivity contribution in [2.45, 2.75) is 25.1 Å². The van der Waals surface area contributed by atoms with Crippen LogP contribution in [0.25, 0.3) is 0 Å². The molecule has 0 spiro atoms. The van der Waals surface area contributed by atoms with Gasteiger partial charge in [-0.05, 0) is 42.3 Å². The molecule has 9 nitrogen and oxygen atoms in total. The van der Waals surface area contributed by atoms with Gasteiger partial charge in [-0.2, -0.15) is 18.4 Å². The Bertz CT molecular complexity index is 1490. The SMILES string of the molecule is CS(=O)(=O)CCNC(=O)N1C(=O)N(c2cccc(C(F)(F)F)c2)C2=C(C(=O)CC2)C1c1ccc(C#N)cc1. The van der Waals surface area contributed by atoms with Crippen molar-refractivity contribution in [1.82, 2.24) is 10.2 Å². The second-order valence-electron chi connectivity index (χ2n) is 8.82. The zero-order valence-corrected chi connectivity index (χ0v) is 20.8. The Labute approximate surface area is 216 Å². The zero-order valence-electron chi connectivity index (χ0n) is 19.9. The molecule has 0 fully saturated rings. The van der Waals surface area contributed by atoms with E-state index in [4.69, 9.17) is 5.26 Å². The van der Waals surface area contributed by atoms with E-state index in [2.05, 4.69) is 5.32 Å². The van der Waals surface area contributed by atoms with Gasteiger partial charge in [0.1, 0.15) is 9.84 Å². The number of carbonyl (C=O) groups is 3. The lowest BCUT2D eigenvalue weighted by Crippen LogP contribution is -2.55. The molecular weight excluding hydrogens is 525 g/mol. The molecule has 4 rings (SSSR count). The maximum Gasteiger partial charge on any atom is 0.416 e. The normalized spacial score (nSPS) is 17.9. The molecule has 1 aliphatic carbocycles. The lowest BCUT2D eigenvalue weighted by Gasteiger charge is -2.41. The Hall–Kier alpha value is -4.18. The molecule has 0 bridgehead atoms. The standard InChI is InChI=1S/C25H21F3N4O5S/c1-38(36,37)12-11-30-23(34)32-22(16-7-5-15(14-29)6-8-16)21-19(9-10-20(21)33)31(24(32)35)18-4-2-3-17(13-18)25(26,27)28/h2-8,13,22H,9-12H2,1H3,(H,30,34). The number of rotatable bonds is 5. The van der Waals surface area contributed by atoms with Crippen LogP contribution in [0, 0.1) is 11.3 Å². The molecule has 13 heteroatoms. The number of halogens is 3. The Morgan fingerprint density at radius 3 is 2.42 bits per heavy atom. The molecule has 38 heavy (non-hydrogen) atoms. The highest BCUT2D eigenvalue weighted by Gasteiger charge is 2.48. The summed E-state index contributed by atoms with van der Waals surface area (Å²) in [6.45, 7) is -0.342. The number of sulfone groups is 1. The van der Waals surface area contributed by atoms with Crippen molar-refractivity contribution in [2.24, 2.45) is 0 Å². The third kappa shape index (κ3) is 5.26. The number of nitriles is 1. The molecule has 2 aliphatic rings. The van der Waals surface area contributed by atoms with Gasteiger partial charge in [-0.3, -0.25) is 9.69 Å². The van der Waals surface area contributed by atoms with Crippen LogP contribution in [-0.4, -0.2) is 49.7 Å². The predicted molar refractivity (Wildman–Crippen MR) is 129 cm³/mol. The summed E-state index contributed by atoms with van der Waals surface area (Å²) in [6, 6.07) is 8.48. The summed E-state index contributed by atoms with van der Waals surface area (Å²) in [5, 5.41) is 11.5. The summed E-state index contributed by atoms with van der Waals surface area (Å²) in [5.41, 5.74) is -0.356. The highest BCUT2D eigenvalue weighted by Crippen LogP contribution is 2.45. The summed E-state index contributed by atoms with van der Waals surface area (Å²) in [7, 11) is -3.46. The first-order chi connectivity index (χ1) is 17.8. The number of amides is 4. The minimum atomic E-state index is -4.70. The van der Waals surface area contributed by atoms with Crippen molar-refractivity contribution < 1.29 is 36.0 Å². The molecule has 1 unspecified atom stereocenters. The van der Waals surface area contributed by atoms with Crippen molar-refractivity contribution >= 4 is 33.4 Å². The fraction of sp³-hybridized carbons (Fsp3) is 0.280. The van der Waals surface area contributed by atoms with Crippen LogP contribution >= 0.6 is 0 Å². The van der Waals surface area contributed by atoms with Gasteiger partial charge in [0.15, 0.2) is 5.78 Å². The molecule has 198 valence electrons. The zero-order chi connectivity index (χ0) is 27.8. The van der Waals surface area contributed by atoms with Gasteiger partial charge in [0.25, 0.3) is 0 Å². The van der Waals surface area contributed by atoms with Crippen molar-refractivity contribution in [1.29, 1.82) is 5.26 Å². The maximum absolute atomic E-state index is 13.8. The van der Waals surface area contributed by atoms with Gasteiger partial charge < -0.3 is 5.32 Å². The van der Waals surface area contributed by atoms with Crippen LogP contribution in [0.15, 0.2) is 59.8 Å². The molecular formula is C25H21F3N4O5S. The second kappa shape index (κ2) is 9.94. The monoisotopic (exact) mass is 546 g/mol. The first-order valence-corrected chi connectivity index (χ1v) is 13.4. The van der Waals surface area contributed by atoms with Crippen LogP contribution in [0.4, 0.5) is 28.4 Å². The number of imide groups is 1. The van der Waals surface area contributed by atoms with Crippen LogP contribution in [-0.2, 0) is 20.8 Å². The molecule has 1 heterocycles. The number of anilines is 1. The number of urea groups is 2. The van der Waals surface area contributed by atoms with E-state index >= 15 is 0 Å². The molecule has 4 amide bonds. The number of alkyl halides is 3. The number of hydrogen-bond acceptors (Lipinski definition) is 6. The number of Topliss-reactive ketones (excluding diaryl/α,β-unsaturated/α-hetero) is 1. The van der Waals surface area contributed by atoms with Gasteiger partial charge >= 0.3 is 18.2 Å². The van der Waals surface area contributed by atoms with Gasteiger partial charge in [0, 0.05) is 30.5 Å². The van der Waals surface area contributed by atoms with Crippen LogP contribution in [0.3, 0.4) is 0 Å². The number of ketones is 1. The van der Waals surface area contributed by atoms with Gasteiger partial charge in [-0.25, -0.2) is 22.9 Å². The first kappa shape index (κ1) is 26.9. The van der Waals surface area contributed by atoms with E-state index in [1.807, 2.05) is 6.07 Å². The summed E-state index contributed by atoms with van der Waals surface area (Å²) in [6.07, 6.45) is -3.70. The lowest BCUT2D eigenvalue weighted by atomic mass is 9.92. The summed E-state index contributed by atoms with van der Waals surface area (Å²) < 4.78 is 63.4. The summed E-state index contributed by atoms with van der Waals surface area (Å²) >= 11 is 0. The molecule has 2 aromatic carbocycles. The van der Waals surface area contributed by atoms with Crippen LogP contribution in [0.1, 0.15) is 35.6 Å². The number of benzene rings is 2. The molecule has 0 saturated carbocycles. The number of allylic oxidation sites excluding steroid dienone is 1. The van der Waals surface area contributed by atoms with E-state index in [0.717, 1.165) is 29.4 Å². The number of nitrogens with zero attached hydrogens (tertiary/aromatic N) is 3. The molecule has 2 aromatic rings. The Morgan fingerprint density at radius 1 is 1.13 bits per heavy atom. The lowest BCUT2D eigenvalue weighted by molar-refractivity contribution is -0.137. The largest absolute Gasteiger partial charge is 0.416 e. The van der Waals surface area contributed by atoms with E-state index in [1.165, 1.54) is 30.3 Å². The average Bonchev–Trinajstić information content (AvgIpc) is 3.22. The maximum atomic E-state index is 13.8. The number of carbonyl (C=O) groups excluding carboxylic acids is 3. The van der Waals surface area contributed by atoms with Crippen LogP contribution in [0.5, 0.6) is 0 Å². The van der Waals surface area contributed by atoms with E-state index in [1.54, 1.807) is 0 Å². The second-order valence-corrected chi connectivity index (χ2v) is 11.1. The molecule has 1 N–H and O–H groups in total. The van der Waals surface area contributed by atoms with Crippen molar-refractivity contribution in [2.75, 3.05) is 23.5 Å². The third-order valence-electron chi connectivity index (χ3n) is 6.15. The number of nitrogens with one attached hydrogen (secondary N) is 1. The number of hydrogen-bond donors (Lipinski definition) is 1. The average molecular weight is 547 g/mol. The smallest absolute Gasteiger partial charge is 0.337 e. The van der Waals surface area contributed by atoms with Crippen molar-refractivity contribution in [3.8, 4) is 6.07 Å². The quantitative estimate of drug-likeness (QED) is 0.605. The third-order valence-corrected chi connectivity index (χ3v) is 7.10. The highest BCUT2D eigenvalue weighted by atomic mass is 32.2. The van der Waals surface area contributed by atoms with Crippen LogP contribution < -0.4 is 10.2 Å². The van der Waals surface area contributed by atoms with Crippen LogP contribution in [0.2, 0.25) is 0 Å². The fourth-order valence-electron chi connectivity index (χ4n) is 4.44. The van der Waals surface area contributed by atoms with E-state index in [-0.39, 0.29) is 41.9 Å². The topological polar surface area (TPSA) is 128 Å². The van der Waals surface area contributed by atoms with Gasteiger partial charge in [-0.15, -0.1) is 0 Å². The molecule has 0 saturated heterocycles. The Kier molecular flexibility index (Phi) is 7.03. The minimum absolute atomic E-state index is 0.0241. The van der Waals surface area contributed by atoms with Gasteiger partial charge in [0.05, 0.1) is 34.7 Å². The molecule has 0 radical (unpaired) electrons. The van der Waals surface area contributed by atoms with E-state index in [0.29, 0.717) is 10.5 Å². The fourth-order valence-corrected chi connectivity index (χ4v) is 4.92. The highest BCUT2D eigenvalue weighted by molar-refractivity contribution is 7.90. The molecule has 1 atom stereocenters. The first-order valence-electron chi connectivity index (χ1n) is 11.3. The van der Waals surface area contributed by atoms with Gasteiger partial charge in [-0.1, -0.05) is 18.2 Å². The Morgan fingerprint density at radius 2 is 1.82 bits per heavy atom. The molecule has 0 aromatic heterocycles. The minimum Gasteiger partial charge on any atom is -0.337 e. The van der Waals surface area contributed by atoms with Crippen molar-refractivity contribution in [3.05, 3.63) is 76.5 Å². The predicted octanol–water partition coefficient (Wildman–Crippen LogP) is 3.93. The summed E-state index contributed by atoms with van der Waals surface area (Å²) in [4.78, 5) is 41.8.